The third-order valence-corrected chi connectivity index (χ3v) is 8.09. The fraction of sp³-hybridized carbons (Fsp3) is 0.0857. The molecule has 2 aliphatic rings. The van der Waals surface area contributed by atoms with Crippen molar-refractivity contribution in [2.75, 3.05) is 4.90 Å². The molecule has 3 nitrogen and oxygen atoms in total. The molecule has 2 atom stereocenters. The zero-order valence-electron chi connectivity index (χ0n) is 21.0. The molecule has 0 N–H and O–H groups in total. The zero-order valence-corrected chi connectivity index (χ0v) is 21.0. The third-order valence-electron chi connectivity index (χ3n) is 8.09. The summed E-state index contributed by atoms with van der Waals surface area (Å²) in [5.74, 6) is 0.335. The van der Waals surface area contributed by atoms with Gasteiger partial charge in [0.2, 0.25) is 0 Å². The highest BCUT2D eigenvalue weighted by atomic mass is 15.2. The number of anilines is 2. The fourth-order valence-electron chi connectivity index (χ4n) is 6.42. The number of hydrogen-bond donors (Lipinski definition) is 0. The Labute approximate surface area is 221 Å². The largest absolute Gasteiger partial charge is 0.333 e. The molecule has 3 heteroatoms. The molecule has 5 aromatic carbocycles. The molecule has 0 saturated carbocycles. The summed E-state index contributed by atoms with van der Waals surface area (Å²) in [4.78, 5) is 12.8. The molecule has 0 amide bonds. The van der Waals surface area contributed by atoms with Crippen LogP contribution in [0.25, 0.3) is 43.8 Å². The average molecular weight is 488 g/mol. The standard InChI is InChI=1S/C35H25N3/c1-22-18-19-33-29(20-22)25-12-6-8-16-31(25)38(33)32-17-9-7-15-28(32)30-21-36-34-26-13-4-2-10-23(26)24-11-3-5-14-27(24)35(34)37-30/h2-21,29,33H,1H3. The normalized spacial score (nSPS) is 18.1. The Morgan fingerprint density at radius 3 is 2.08 bits per heavy atom. The molecule has 38 heavy (non-hydrogen) atoms. The summed E-state index contributed by atoms with van der Waals surface area (Å²) in [5.41, 5.74) is 8.98. The first-order valence-corrected chi connectivity index (χ1v) is 13.2. The number of rotatable bonds is 2. The number of para-hydroxylation sites is 2. The molecule has 8 rings (SSSR count). The maximum Gasteiger partial charge on any atom is 0.0979 e. The maximum absolute atomic E-state index is 5.31. The smallest absolute Gasteiger partial charge is 0.0979 e. The van der Waals surface area contributed by atoms with Gasteiger partial charge in [-0.3, -0.25) is 4.98 Å². The molecule has 0 saturated heterocycles. The van der Waals surface area contributed by atoms with Gasteiger partial charge in [-0.2, -0.15) is 0 Å². The van der Waals surface area contributed by atoms with Gasteiger partial charge in [0.05, 0.1) is 34.7 Å². The predicted molar refractivity (Wildman–Crippen MR) is 158 cm³/mol. The summed E-state index contributed by atoms with van der Waals surface area (Å²) in [6.07, 6.45) is 8.94. The summed E-state index contributed by atoms with van der Waals surface area (Å²) < 4.78 is 0. The Bertz CT molecular complexity index is 1930. The van der Waals surface area contributed by atoms with E-state index in [1.807, 2.05) is 6.20 Å². The molecule has 0 radical (unpaired) electrons. The van der Waals surface area contributed by atoms with Gasteiger partial charge in [-0.05, 0) is 35.4 Å². The van der Waals surface area contributed by atoms with Crippen molar-refractivity contribution in [3.63, 3.8) is 0 Å². The number of hydrogen-bond acceptors (Lipinski definition) is 3. The monoisotopic (exact) mass is 487 g/mol. The van der Waals surface area contributed by atoms with Crippen LogP contribution in [0, 0.1) is 0 Å². The quantitative estimate of drug-likeness (QED) is 0.229. The van der Waals surface area contributed by atoms with Gasteiger partial charge in [0.25, 0.3) is 0 Å². The van der Waals surface area contributed by atoms with Crippen molar-refractivity contribution in [2.24, 2.45) is 0 Å². The molecule has 180 valence electrons. The molecule has 0 spiro atoms. The number of benzene rings is 5. The minimum Gasteiger partial charge on any atom is -0.333 e. The van der Waals surface area contributed by atoms with Crippen LogP contribution in [-0.4, -0.2) is 16.0 Å². The van der Waals surface area contributed by atoms with Crippen LogP contribution in [0.4, 0.5) is 11.4 Å². The van der Waals surface area contributed by atoms with Gasteiger partial charge >= 0.3 is 0 Å². The van der Waals surface area contributed by atoms with E-state index in [4.69, 9.17) is 9.97 Å². The van der Waals surface area contributed by atoms with Gasteiger partial charge in [-0.1, -0.05) is 109 Å². The average Bonchev–Trinajstić information content (AvgIpc) is 3.30. The van der Waals surface area contributed by atoms with Crippen molar-refractivity contribution in [1.82, 2.24) is 9.97 Å². The van der Waals surface area contributed by atoms with E-state index < -0.39 is 0 Å². The molecular weight excluding hydrogens is 462 g/mol. The molecule has 6 aromatic rings. The highest BCUT2D eigenvalue weighted by Crippen LogP contribution is 2.50. The van der Waals surface area contributed by atoms with Crippen LogP contribution < -0.4 is 4.90 Å². The lowest BCUT2D eigenvalue weighted by Gasteiger charge is -2.31. The van der Waals surface area contributed by atoms with Crippen LogP contribution in [0.1, 0.15) is 18.4 Å². The molecule has 1 aromatic heterocycles. The van der Waals surface area contributed by atoms with Crippen LogP contribution in [0.2, 0.25) is 0 Å². The Morgan fingerprint density at radius 1 is 0.658 bits per heavy atom. The van der Waals surface area contributed by atoms with E-state index in [0.29, 0.717) is 5.92 Å². The van der Waals surface area contributed by atoms with Crippen LogP contribution in [0.5, 0.6) is 0 Å². The van der Waals surface area contributed by atoms with Gasteiger partial charge < -0.3 is 4.90 Å². The predicted octanol–water partition coefficient (Wildman–Crippen LogP) is 8.72. The van der Waals surface area contributed by atoms with Crippen molar-refractivity contribution < 1.29 is 0 Å². The van der Waals surface area contributed by atoms with Gasteiger partial charge in [0, 0.05) is 27.9 Å². The highest BCUT2D eigenvalue weighted by molar-refractivity contribution is 6.23. The Hall–Kier alpha value is -4.76. The number of allylic oxidation sites excluding steroid dienone is 2. The Kier molecular flexibility index (Phi) is 4.56. The molecule has 0 bridgehead atoms. The van der Waals surface area contributed by atoms with Crippen molar-refractivity contribution in [3.05, 3.63) is 133 Å². The number of fused-ring (bicyclic) bond motifs is 9. The van der Waals surface area contributed by atoms with E-state index in [2.05, 4.69) is 127 Å². The highest BCUT2D eigenvalue weighted by Gasteiger charge is 2.38. The molecule has 1 aliphatic carbocycles. The summed E-state index contributed by atoms with van der Waals surface area (Å²) >= 11 is 0. The van der Waals surface area contributed by atoms with Gasteiger partial charge in [0.15, 0.2) is 0 Å². The molecule has 1 aliphatic heterocycles. The van der Waals surface area contributed by atoms with Crippen LogP contribution >= 0.6 is 0 Å². The first kappa shape index (κ1) is 21.3. The lowest BCUT2D eigenvalue weighted by atomic mass is 9.89. The van der Waals surface area contributed by atoms with Crippen LogP contribution in [0.15, 0.2) is 127 Å². The van der Waals surface area contributed by atoms with Gasteiger partial charge in [-0.25, -0.2) is 4.98 Å². The van der Waals surface area contributed by atoms with Crippen LogP contribution in [-0.2, 0) is 0 Å². The van der Waals surface area contributed by atoms with Gasteiger partial charge in [-0.15, -0.1) is 0 Å². The second kappa shape index (κ2) is 8.12. The summed E-state index contributed by atoms with van der Waals surface area (Å²) in [6.45, 7) is 2.19. The molecular formula is C35H25N3. The summed E-state index contributed by atoms with van der Waals surface area (Å²) in [7, 11) is 0. The second-order valence-corrected chi connectivity index (χ2v) is 10.3. The van der Waals surface area contributed by atoms with Crippen LogP contribution in [0.3, 0.4) is 0 Å². The SMILES string of the molecule is CC1=CC2c3ccccc3N(c3ccccc3-c3cnc4c5ccccc5c5ccccc5c4n3)C2C=C1. The number of nitrogens with zero attached hydrogens (tertiary/aromatic N) is 3. The lowest BCUT2D eigenvalue weighted by Crippen LogP contribution is -2.29. The van der Waals surface area contributed by atoms with E-state index >= 15 is 0 Å². The first-order valence-electron chi connectivity index (χ1n) is 13.2. The van der Waals surface area contributed by atoms with E-state index in [9.17, 15) is 0 Å². The lowest BCUT2D eigenvalue weighted by molar-refractivity contribution is 0.739. The van der Waals surface area contributed by atoms with Crippen molar-refractivity contribution in [1.29, 1.82) is 0 Å². The molecule has 2 unspecified atom stereocenters. The zero-order chi connectivity index (χ0) is 25.2. The van der Waals surface area contributed by atoms with E-state index in [0.717, 1.165) is 38.8 Å². The minimum absolute atomic E-state index is 0.232. The topological polar surface area (TPSA) is 29.0 Å². The van der Waals surface area contributed by atoms with E-state index in [1.54, 1.807) is 0 Å². The first-order chi connectivity index (χ1) is 18.8. The third kappa shape index (κ3) is 3.02. The van der Waals surface area contributed by atoms with Crippen molar-refractivity contribution >= 4 is 44.0 Å². The molecule has 0 fully saturated rings. The fourth-order valence-corrected chi connectivity index (χ4v) is 6.42. The number of aromatic nitrogens is 2. The van der Waals surface area contributed by atoms with Crippen molar-refractivity contribution in [3.8, 4) is 11.3 Å². The van der Waals surface area contributed by atoms with E-state index in [1.165, 1.54) is 27.6 Å². The Balaban J connectivity index is 1.37. The maximum atomic E-state index is 5.31. The van der Waals surface area contributed by atoms with E-state index in [-0.39, 0.29) is 6.04 Å². The second-order valence-electron chi connectivity index (χ2n) is 10.3. The summed E-state index contributed by atoms with van der Waals surface area (Å²) in [5, 5.41) is 4.70. The van der Waals surface area contributed by atoms with Gasteiger partial charge in [0.1, 0.15) is 0 Å². The molecule has 2 heterocycles. The Morgan fingerprint density at radius 2 is 1.29 bits per heavy atom. The minimum atomic E-state index is 0.232. The summed E-state index contributed by atoms with van der Waals surface area (Å²) in [6, 6.07) is 34.7. The van der Waals surface area contributed by atoms with Crippen molar-refractivity contribution in [2.45, 2.75) is 18.9 Å².